The van der Waals surface area contributed by atoms with Crippen LogP contribution in [0.2, 0.25) is 0 Å². The highest BCUT2D eigenvalue weighted by Gasteiger charge is 2.53. The topological polar surface area (TPSA) is 217 Å². The summed E-state index contributed by atoms with van der Waals surface area (Å²) in [6, 6.07) is 7.29. The van der Waals surface area contributed by atoms with Crippen molar-refractivity contribution in [1.29, 1.82) is 0 Å². The summed E-state index contributed by atoms with van der Waals surface area (Å²) >= 11 is 1.31. The molecular formula is C25H34N5O11PS. The number of carbonyl (C=O) groups is 2. The van der Waals surface area contributed by atoms with Gasteiger partial charge in [-0.3, -0.25) is 23.6 Å². The van der Waals surface area contributed by atoms with Crippen LogP contribution < -0.4 is 10.5 Å². The number of imidazole rings is 1. The van der Waals surface area contributed by atoms with Crippen molar-refractivity contribution in [2.45, 2.75) is 61.7 Å². The Labute approximate surface area is 251 Å². The van der Waals surface area contributed by atoms with Gasteiger partial charge < -0.3 is 39.0 Å². The molecule has 4 N–H and O–H groups in total. The number of nitrogens with two attached hydrogens (primary N) is 1. The molecule has 236 valence electrons. The Morgan fingerprint density at radius 2 is 1.60 bits per heavy atom. The zero-order chi connectivity index (χ0) is 31.5. The molecular weight excluding hydrogens is 609 g/mol. The summed E-state index contributed by atoms with van der Waals surface area (Å²) in [5, 5.41) is 0.478. The maximum Gasteiger partial charge on any atom is 0.415 e. The molecule has 0 amide bonds. The molecule has 0 saturated heterocycles. The normalized spacial score (nSPS) is 11.9. The number of hydrogen-bond acceptors (Lipinski definition) is 14. The molecule has 0 atom stereocenters. The van der Waals surface area contributed by atoms with Crippen molar-refractivity contribution < 1.29 is 52.4 Å². The van der Waals surface area contributed by atoms with Crippen molar-refractivity contribution in [1.82, 2.24) is 19.5 Å². The molecule has 0 bridgehead atoms. The van der Waals surface area contributed by atoms with Crippen LogP contribution in [0.15, 0.2) is 40.5 Å². The van der Waals surface area contributed by atoms with Crippen molar-refractivity contribution >= 4 is 48.4 Å². The van der Waals surface area contributed by atoms with E-state index in [4.69, 9.17) is 34.2 Å². The van der Waals surface area contributed by atoms with Gasteiger partial charge in [-0.25, -0.2) is 9.97 Å². The highest BCUT2D eigenvalue weighted by Crippen LogP contribution is 2.53. The highest BCUT2D eigenvalue weighted by molar-refractivity contribution is 7.99. The molecule has 0 aliphatic carbocycles. The number of fused-ring (bicyclic) bond motifs is 1. The number of benzene rings is 1. The summed E-state index contributed by atoms with van der Waals surface area (Å²) in [4.78, 5) is 57.5. The lowest BCUT2D eigenvalue weighted by molar-refractivity contribution is -0.365. The lowest BCUT2D eigenvalue weighted by Gasteiger charge is -2.32. The van der Waals surface area contributed by atoms with E-state index in [1.165, 1.54) is 22.7 Å². The van der Waals surface area contributed by atoms with Gasteiger partial charge in [0.05, 0.1) is 20.0 Å². The van der Waals surface area contributed by atoms with Gasteiger partial charge >= 0.3 is 25.2 Å². The fraction of sp³-hybridized carbons (Fsp3) is 0.480. The Kier molecular flexibility index (Phi) is 12.7. The zero-order valence-corrected chi connectivity index (χ0v) is 25.5. The molecule has 0 aliphatic rings. The molecule has 0 aliphatic heterocycles. The van der Waals surface area contributed by atoms with E-state index in [0.29, 0.717) is 34.8 Å². The van der Waals surface area contributed by atoms with Gasteiger partial charge in [0, 0.05) is 24.3 Å². The van der Waals surface area contributed by atoms with E-state index in [9.17, 15) is 23.9 Å². The minimum Gasteiger partial charge on any atom is -0.497 e. The minimum absolute atomic E-state index is 0.0230. The summed E-state index contributed by atoms with van der Waals surface area (Å²) in [5.74, 6) is -0.660. The Bertz CT molecular complexity index is 1390. The van der Waals surface area contributed by atoms with Gasteiger partial charge in [-0.05, 0) is 37.1 Å². The largest absolute Gasteiger partial charge is 0.497 e. The molecule has 3 aromatic rings. The first-order chi connectivity index (χ1) is 20.5. The second kappa shape index (κ2) is 16.0. The van der Waals surface area contributed by atoms with Crippen LogP contribution in [0.1, 0.15) is 39.5 Å². The Morgan fingerprint density at radius 3 is 2.14 bits per heavy atom. The van der Waals surface area contributed by atoms with Gasteiger partial charge in [0.2, 0.25) is 5.95 Å². The van der Waals surface area contributed by atoms with E-state index < -0.39 is 45.4 Å². The van der Waals surface area contributed by atoms with Crippen molar-refractivity contribution in [3.8, 4) is 5.75 Å². The van der Waals surface area contributed by atoms with Crippen LogP contribution in [-0.4, -0.2) is 74.3 Å². The average Bonchev–Trinajstić information content (AvgIpc) is 3.35. The Balaban J connectivity index is 1.78. The monoisotopic (exact) mass is 643 g/mol. The number of aromatic nitrogens is 4. The van der Waals surface area contributed by atoms with E-state index in [1.807, 2.05) is 12.1 Å². The third kappa shape index (κ3) is 9.59. The molecule has 0 radical (unpaired) electrons. The maximum atomic E-state index is 12.5. The molecule has 0 unspecified atom stereocenters. The van der Waals surface area contributed by atoms with E-state index in [2.05, 4.69) is 15.0 Å². The van der Waals surface area contributed by atoms with Crippen molar-refractivity contribution in [3.63, 3.8) is 0 Å². The number of nitrogens with zero attached hydrogens (tertiary/aromatic N) is 4. The van der Waals surface area contributed by atoms with Gasteiger partial charge in [-0.2, -0.15) is 4.98 Å². The summed E-state index contributed by atoms with van der Waals surface area (Å²) in [7, 11) is -3.84. The number of nitrogen functional groups attached to an aromatic ring is 1. The molecule has 0 saturated carbocycles. The van der Waals surface area contributed by atoms with Gasteiger partial charge in [-0.15, -0.1) is 0 Å². The first kappa shape index (κ1) is 34.2. The first-order valence-electron chi connectivity index (χ1n) is 13.1. The van der Waals surface area contributed by atoms with Gasteiger partial charge in [0.1, 0.15) is 16.3 Å². The first-order valence-corrected chi connectivity index (χ1v) is 15.5. The fourth-order valence-corrected chi connectivity index (χ4v) is 5.04. The van der Waals surface area contributed by atoms with Crippen LogP contribution in [0, 0.1) is 0 Å². The van der Waals surface area contributed by atoms with Crippen molar-refractivity contribution in [2.75, 3.05) is 33.0 Å². The minimum atomic E-state index is -5.40. The lowest BCUT2D eigenvalue weighted by atomic mass is 10.3. The quantitative estimate of drug-likeness (QED) is 0.0785. The van der Waals surface area contributed by atoms with Gasteiger partial charge in [0.15, 0.2) is 19.2 Å². The highest BCUT2D eigenvalue weighted by atomic mass is 32.2. The van der Waals surface area contributed by atoms with Gasteiger partial charge in [-0.1, -0.05) is 25.6 Å². The third-order valence-corrected chi connectivity index (χ3v) is 7.61. The van der Waals surface area contributed by atoms with E-state index in [0.717, 1.165) is 4.90 Å². The number of carbonyl (C=O) groups excluding carboxylic acids is 2. The van der Waals surface area contributed by atoms with E-state index >= 15 is 0 Å². The summed E-state index contributed by atoms with van der Waals surface area (Å²) in [5.41, 5.74) is 3.65. The predicted molar refractivity (Wildman–Crippen MR) is 151 cm³/mol. The van der Waals surface area contributed by atoms with Crippen molar-refractivity contribution in [3.05, 3.63) is 30.6 Å². The van der Waals surface area contributed by atoms with Crippen LogP contribution in [0.25, 0.3) is 11.2 Å². The molecule has 0 fully saturated rings. The number of esters is 2. The third-order valence-electron chi connectivity index (χ3n) is 5.53. The van der Waals surface area contributed by atoms with Gasteiger partial charge in [0.25, 0.3) is 0 Å². The van der Waals surface area contributed by atoms with Crippen LogP contribution in [0.4, 0.5) is 5.95 Å². The summed E-state index contributed by atoms with van der Waals surface area (Å²) < 4.78 is 44.7. The Hall–Kier alpha value is -3.31. The van der Waals surface area contributed by atoms with Crippen molar-refractivity contribution in [2.24, 2.45) is 0 Å². The van der Waals surface area contributed by atoms with E-state index in [-0.39, 0.29) is 25.3 Å². The fourth-order valence-electron chi connectivity index (χ4n) is 3.47. The van der Waals surface area contributed by atoms with Crippen LogP contribution in [-0.2, 0) is 44.4 Å². The molecule has 1 aromatic carbocycles. The molecule has 16 nitrogen and oxygen atoms in total. The number of methoxy groups -OCH3 is 1. The maximum absolute atomic E-state index is 12.5. The van der Waals surface area contributed by atoms with Crippen LogP contribution in [0.5, 0.6) is 5.75 Å². The number of ether oxygens (including phenoxy) is 6. The number of hydrogen-bond donors (Lipinski definition) is 3. The SMILES string of the molecule is CCCC(=O)OCOC(OCCn1cnc2c(Sc3ccc(OC)cc3)nc(N)nc21)(OCOC(=O)CCC)P(=O)(O)O. The van der Waals surface area contributed by atoms with Crippen LogP contribution >= 0.6 is 19.4 Å². The lowest BCUT2D eigenvalue weighted by Crippen LogP contribution is -2.41. The second-order valence-corrected chi connectivity index (χ2v) is 11.4. The predicted octanol–water partition coefficient (Wildman–Crippen LogP) is 3.01. The van der Waals surface area contributed by atoms with E-state index in [1.54, 1.807) is 33.1 Å². The Morgan fingerprint density at radius 1 is 1.00 bits per heavy atom. The summed E-state index contributed by atoms with van der Waals surface area (Å²) in [6.07, 6.45) is 2.51. The van der Waals surface area contributed by atoms with Crippen LogP contribution in [0.3, 0.4) is 0 Å². The average molecular weight is 644 g/mol. The number of anilines is 1. The molecule has 3 rings (SSSR count). The second-order valence-electron chi connectivity index (χ2n) is 8.75. The molecule has 2 heterocycles. The number of rotatable bonds is 18. The summed E-state index contributed by atoms with van der Waals surface area (Å²) in [6.45, 7) is 1.20. The standard InChI is InChI=1S/C25H34N5O11PS/c1-4-6-19(31)37-15-40-25(42(33,34)35,41-16-38-20(32)7-5-2)39-13-12-30-14-27-21-22(30)28-24(26)29-23(21)43-18-10-8-17(36-3)9-11-18/h8-11,14H,4-7,12-13,15-16H2,1-3H3,(H2,26,28,29)(H2,33,34,35). The smallest absolute Gasteiger partial charge is 0.415 e. The molecule has 18 heteroatoms. The molecule has 2 aromatic heterocycles. The zero-order valence-electron chi connectivity index (χ0n) is 23.8. The molecule has 0 spiro atoms. The molecule has 43 heavy (non-hydrogen) atoms.